The summed E-state index contributed by atoms with van der Waals surface area (Å²) in [7, 11) is 0. The van der Waals surface area contributed by atoms with E-state index in [1.807, 2.05) is 23.1 Å². The molecule has 0 aromatic heterocycles. The fraction of sp³-hybridized carbons (Fsp3) is 0.588. The lowest BCUT2D eigenvalue weighted by molar-refractivity contribution is -0.136. The molecule has 0 unspecified atom stereocenters. The minimum atomic E-state index is -0.216. The van der Waals surface area contributed by atoms with Gasteiger partial charge in [-0.25, -0.2) is 0 Å². The van der Waals surface area contributed by atoms with Gasteiger partial charge >= 0.3 is 0 Å². The van der Waals surface area contributed by atoms with Crippen LogP contribution in [0.1, 0.15) is 37.2 Å². The number of carbonyl (C=O) groups is 1. The molecule has 3 N–H and O–H groups in total. The van der Waals surface area contributed by atoms with Crippen molar-refractivity contribution in [2.45, 2.75) is 43.7 Å². The van der Waals surface area contributed by atoms with Crippen molar-refractivity contribution in [2.24, 2.45) is 11.7 Å². The standard InChI is InChI=1S/C17H24N2O2/c18-16-11-19(10-15(16)12-4-2-1-3-5-12)17(21)13-6-8-14(20)9-7-13/h1-5,13-16,20H,6-11,18H2/t13?,14?,15-,16+/m0/s1. The smallest absolute Gasteiger partial charge is 0.225 e. The van der Waals surface area contributed by atoms with Crippen LogP contribution in [0, 0.1) is 5.92 Å². The van der Waals surface area contributed by atoms with E-state index in [1.165, 1.54) is 5.56 Å². The topological polar surface area (TPSA) is 66.6 Å². The van der Waals surface area contributed by atoms with Gasteiger partial charge in [0.05, 0.1) is 6.10 Å². The number of benzene rings is 1. The molecule has 3 rings (SSSR count). The molecule has 0 spiro atoms. The molecule has 1 amide bonds. The first-order valence-electron chi connectivity index (χ1n) is 7.92. The van der Waals surface area contributed by atoms with E-state index in [-0.39, 0.29) is 29.9 Å². The van der Waals surface area contributed by atoms with Crippen LogP contribution in [-0.4, -0.2) is 41.1 Å². The van der Waals surface area contributed by atoms with E-state index < -0.39 is 0 Å². The molecule has 1 saturated heterocycles. The highest BCUT2D eigenvalue weighted by Crippen LogP contribution is 2.31. The molecular formula is C17H24N2O2. The van der Waals surface area contributed by atoms with E-state index >= 15 is 0 Å². The van der Waals surface area contributed by atoms with Crippen molar-refractivity contribution >= 4 is 5.91 Å². The van der Waals surface area contributed by atoms with Gasteiger partial charge in [-0.05, 0) is 31.2 Å². The summed E-state index contributed by atoms with van der Waals surface area (Å²) in [5.41, 5.74) is 7.48. The summed E-state index contributed by atoms with van der Waals surface area (Å²) in [6, 6.07) is 10.3. The third kappa shape index (κ3) is 3.11. The Labute approximate surface area is 125 Å². The van der Waals surface area contributed by atoms with Crippen molar-refractivity contribution in [2.75, 3.05) is 13.1 Å². The molecule has 1 aliphatic heterocycles. The van der Waals surface area contributed by atoms with Gasteiger partial charge in [-0.2, -0.15) is 0 Å². The molecule has 1 heterocycles. The molecule has 1 aromatic carbocycles. The first-order chi connectivity index (χ1) is 10.1. The third-order valence-corrected chi connectivity index (χ3v) is 4.95. The second-order valence-corrected chi connectivity index (χ2v) is 6.43. The van der Waals surface area contributed by atoms with Crippen molar-refractivity contribution in [3.63, 3.8) is 0 Å². The van der Waals surface area contributed by atoms with Crippen LogP contribution in [-0.2, 0) is 4.79 Å². The van der Waals surface area contributed by atoms with E-state index in [0.29, 0.717) is 6.54 Å². The van der Waals surface area contributed by atoms with Crippen LogP contribution < -0.4 is 5.73 Å². The van der Waals surface area contributed by atoms with Crippen molar-refractivity contribution in [1.29, 1.82) is 0 Å². The Bertz CT molecular complexity index is 483. The van der Waals surface area contributed by atoms with Crippen LogP contribution in [0.15, 0.2) is 30.3 Å². The highest BCUT2D eigenvalue weighted by Gasteiger charge is 2.37. The van der Waals surface area contributed by atoms with Crippen LogP contribution in [0.4, 0.5) is 0 Å². The molecule has 2 atom stereocenters. The average molecular weight is 288 g/mol. The summed E-state index contributed by atoms with van der Waals surface area (Å²) in [6.07, 6.45) is 2.90. The van der Waals surface area contributed by atoms with Gasteiger partial charge in [-0.1, -0.05) is 30.3 Å². The summed E-state index contributed by atoms with van der Waals surface area (Å²) in [5.74, 6) is 0.551. The normalized spacial score (nSPS) is 33.1. The second-order valence-electron chi connectivity index (χ2n) is 6.43. The number of nitrogens with two attached hydrogens (primary N) is 1. The fourth-order valence-electron chi connectivity index (χ4n) is 3.64. The maximum atomic E-state index is 12.6. The zero-order chi connectivity index (χ0) is 14.8. The van der Waals surface area contributed by atoms with Crippen molar-refractivity contribution < 1.29 is 9.90 Å². The third-order valence-electron chi connectivity index (χ3n) is 4.95. The maximum Gasteiger partial charge on any atom is 0.225 e. The van der Waals surface area contributed by atoms with Crippen LogP contribution in [0.5, 0.6) is 0 Å². The molecule has 4 nitrogen and oxygen atoms in total. The Balaban J connectivity index is 1.64. The van der Waals surface area contributed by atoms with E-state index in [9.17, 15) is 9.90 Å². The number of carbonyl (C=O) groups excluding carboxylic acids is 1. The van der Waals surface area contributed by atoms with Crippen molar-refractivity contribution in [3.8, 4) is 0 Å². The molecule has 2 aliphatic rings. The molecule has 2 fully saturated rings. The van der Waals surface area contributed by atoms with Gasteiger partial charge < -0.3 is 15.7 Å². The van der Waals surface area contributed by atoms with Gasteiger partial charge in [0, 0.05) is 31.0 Å². The molecule has 1 saturated carbocycles. The van der Waals surface area contributed by atoms with Crippen LogP contribution in [0.3, 0.4) is 0 Å². The van der Waals surface area contributed by atoms with Crippen molar-refractivity contribution in [3.05, 3.63) is 35.9 Å². The zero-order valence-electron chi connectivity index (χ0n) is 12.3. The van der Waals surface area contributed by atoms with Gasteiger partial charge in [0.15, 0.2) is 0 Å². The molecule has 1 aromatic rings. The quantitative estimate of drug-likeness (QED) is 0.866. The number of likely N-dealkylation sites (tertiary alicyclic amines) is 1. The number of hydrogen-bond donors (Lipinski definition) is 2. The maximum absolute atomic E-state index is 12.6. The average Bonchev–Trinajstić information content (AvgIpc) is 2.90. The van der Waals surface area contributed by atoms with Gasteiger partial charge in [0.1, 0.15) is 0 Å². The largest absolute Gasteiger partial charge is 0.393 e. The van der Waals surface area contributed by atoms with E-state index in [0.717, 1.165) is 32.2 Å². The summed E-state index contributed by atoms with van der Waals surface area (Å²) in [6.45, 7) is 1.38. The summed E-state index contributed by atoms with van der Waals surface area (Å²) in [4.78, 5) is 14.6. The summed E-state index contributed by atoms with van der Waals surface area (Å²) in [5, 5.41) is 9.56. The zero-order valence-corrected chi connectivity index (χ0v) is 12.3. The van der Waals surface area contributed by atoms with Gasteiger partial charge in [0.25, 0.3) is 0 Å². The summed E-state index contributed by atoms with van der Waals surface area (Å²) >= 11 is 0. The minimum absolute atomic E-state index is 0.0190. The van der Waals surface area contributed by atoms with Gasteiger partial charge in [-0.3, -0.25) is 4.79 Å². The Morgan fingerprint density at radius 1 is 1.10 bits per heavy atom. The molecule has 0 bridgehead atoms. The number of rotatable bonds is 2. The Morgan fingerprint density at radius 2 is 1.76 bits per heavy atom. The Morgan fingerprint density at radius 3 is 2.43 bits per heavy atom. The second kappa shape index (κ2) is 6.16. The first kappa shape index (κ1) is 14.5. The fourth-order valence-corrected chi connectivity index (χ4v) is 3.64. The number of amides is 1. The lowest BCUT2D eigenvalue weighted by Gasteiger charge is -2.28. The Hall–Kier alpha value is -1.39. The SMILES string of the molecule is N[C@@H]1CN(C(=O)C2CCC(O)CC2)C[C@H]1c1ccccc1. The van der Waals surface area contributed by atoms with Gasteiger partial charge in [-0.15, -0.1) is 0 Å². The molecule has 114 valence electrons. The number of hydrogen-bond acceptors (Lipinski definition) is 3. The molecule has 21 heavy (non-hydrogen) atoms. The monoisotopic (exact) mass is 288 g/mol. The molecule has 1 aliphatic carbocycles. The van der Waals surface area contributed by atoms with Crippen LogP contribution in [0.25, 0.3) is 0 Å². The minimum Gasteiger partial charge on any atom is -0.393 e. The van der Waals surface area contributed by atoms with Crippen LogP contribution >= 0.6 is 0 Å². The highest BCUT2D eigenvalue weighted by molar-refractivity contribution is 5.79. The predicted octanol–water partition coefficient (Wildman–Crippen LogP) is 1.49. The Kier molecular flexibility index (Phi) is 4.27. The van der Waals surface area contributed by atoms with E-state index in [4.69, 9.17) is 5.73 Å². The molecule has 4 heteroatoms. The summed E-state index contributed by atoms with van der Waals surface area (Å²) < 4.78 is 0. The van der Waals surface area contributed by atoms with Crippen molar-refractivity contribution in [1.82, 2.24) is 4.90 Å². The number of aliphatic hydroxyl groups excluding tert-OH is 1. The lowest BCUT2D eigenvalue weighted by atomic mass is 9.86. The predicted molar refractivity (Wildman–Crippen MR) is 81.7 cm³/mol. The highest BCUT2D eigenvalue weighted by atomic mass is 16.3. The molecular weight excluding hydrogens is 264 g/mol. The van der Waals surface area contributed by atoms with E-state index in [2.05, 4.69) is 12.1 Å². The van der Waals surface area contributed by atoms with E-state index in [1.54, 1.807) is 0 Å². The molecule has 0 radical (unpaired) electrons. The first-order valence-corrected chi connectivity index (χ1v) is 7.92. The lowest BCUT2D eigenvalue weighted by Crippen LogP contribution is -2.38. The number of aliphatic hydroxyl groups is 1. The van der Waals surface area contributed by atoms with Gasteiger partial charge in [0.2, 0.25) is 5.91 Å². The van der Waals surface area contributed by atoms with Crippen LogP contribution in [0.2, 0.25) is 0 Å². The number of nitrogens with zero attached hydrogens (tertiary/aromatic N) is 1.